The van der Waals surface area contributed by atoms with Crippen LogP contribution >= 0.6 is 0 Å². The lowest BCUT2D eigenvalue weighted by molar-refractivity contribution is -0.870. The number of hydrogen-bond donors (Lipinski definition) is 0. The zero-order valence-electron chi connectivity index (χ0n) is 10.2. The average Bonchev–Trinajstić information content (AvgIpc) is 2.01. The molecule has 0 bridgehead atoms. The molecule has 0 radical (unpaired) electrons. The molecule has 0 aliphatic carbocycles. The Bertz CT molecular complexity index is 112. The van der Waals surface area contributed by atoms with Crippen LogP contribution in [0.5, 0.6) is 0 Å². The number of ether oxygens (including phenoxy) is 1. The topological polar surface area (TPSA) is 9.23 Å². The molecule has 2 nitrogen and oxygen atoms in total. The van der Waals surface area contributed by atoms with E-state index in [4.69, 9.17) is 4.74 Å². The third-order valence-corrected chi connectivity index (χ3v) is 2.01. The van der Waals surface area contributed by atoms with Crippen molar-refractivity contribution in [1.82, 2.24) is 0 Å². The Morgan fingerprint density at radius 3 is 2.00 bits per heavy atom. The Balaban J connectivity index is 0. The lowest BCUT2D eigenvalue weighted by Crippen LogP contribution is -3.00. The smallest absolute Gasteiger partial charge is 0.0802 e. The fourth-order valence-corrected chi connectivity index (χ4v) is 1.20. The largest absolute Gasteiger partial charge is 1.00 e. The number of halogens is 1. The van der Waals surface area contributed by atoms with Gasteiger partial charge in [-0.15, -0.1) is 0 Å². The van der Waals surface area contributed by atoms with Gasteiger partial charge in [0.05, 0.1) is 34.3 Å². The summed E-state index contributed by atoms with van der Waals surface area (Å²) in [5.74, 6) is 0. The van der Waals surface area contributed by atoms with Gasteiger partial charge in [-0.2, -0.15) is 0 Å². The van der Waals surface area contributed by atoms with Crippen LogP contribution in [0.15, 0.2) is 0 Å². The second kappa shape index (κ2) is 9.75. The fraction of sp³-hybridized carbons (Fsp3) is 1.00. The molecule has 88 valence electrons. The minimum absolute atomic E-state index is 0. The first kappa shape index (κ1) is 16.6. The second-order valence-corrected chi connectivity index (χ2v) is 4.69. The van der Waals surface area contributed by atoms with E-state index in [1.165, 1.54) is 32.2 Å². The molecule has 0 amide bonds. The minimum atomic E-state index is 0. The van der Waals surface area contributed by atoms with E-state index in [2.05, 4.69) is 28.1 Å². The summed E-state index contributed by atoms with van der Waals surface area (Å²) in [5, 5.41) is 0. The maximum absolute atomic E-state index is 5.52. The Labute approximate surface area is 95.6 Å². The number of rotatable bonds is 8. The van der Waals surface area contributed by atoms with Crippen LogP contribution in [0, 0.1) is 0 Å². The van der Waals surface area contributed by atoms with Crippen molar-refractivity contribution in [2.75, 3.05) is 40.9 Å². The molecule has 0 heterocycles. The summed E-state index contributed by atoms with van der Waals surface area (Å²) in [6.45, 7) is 5.30. The lowest BCUT2D eigenvalue weighted by Gasteiger charge is -2.23. The van der Waals surface area contributed by atoms with Crippen LogP contribution in [-0.2, 0) is 4.74 Å². The Morgan fingerprint density at radius 2 is 1.50 bits per heavy atom. The summed E-state index contributed by atoms with van der Waals surface area (Å²) < 4.78 is 6.56. The molecule has 0 saturated heterocycles. The summed E-state index contributed by atoms with van der Waals surface area (Å²) in [7, 11) is 6.66. The maximum Gasteiger partial charge on any atom is 0.0802 e. The van der Waals surface area contributed by atoms with E-state index in [-0.39, 0.29) is 12.4 Å². The number of nitrogens with zero attached hydrogens (tertiary/aromatic N) is 1. The molecule has 0 rings (SSSR count). The molecule has 0 spiro atoms. The van der Waals surface area contributed by atoms with Crippen LogP contribution in [0.2, 0.25) is 0 Å². The van der Waals surface area contributed by atoms with E-state index in [9.17, 15) is 0 Å². The molecule has 0 unspecified atom stereocenters. The monoisotopic (exact) mass is 223 g/mol. The zero-order valence-corrected chi connectivity index (χ0v) is 10.9. The van der Waals surface area contributed by atoms with Gasteiger partial charge in [-0.3, -0.25) is 0 Å². The Morgan fingerprint density at radius 1 is 0.929 bits per heavy atom. The molecule has 0 aromatic rings. The van der Waals surface area contributed by atoms with Crippen molar-refractivity contribution in [3.8, 4) is 0 Å². The highest BCUT2D eigenvalue weighted by Gasteiger charge is 2.04. The molecule has 0 N–H and O–H groups in total. The summed E-state index contributed by atoms with van der Waals surface area (Å²) in [4.78, 5) is 0. The van der Waals surface area contributed by atoms with E-state index in [1.807, 2.05) is 0 Å². The van der Waals surface area contributed by atoms with Gasteiger partial charge in [-0.1, -0.05) is 19.8 Å². The van der Waals surface area contributed by atoms with Gasteiger partial charge in [-0.05, 0) is 6.42 Å². The van der Waals surface area contributed by atoms with Gasteiger partial charge >= 0.3 is 0 Å². The number of hydrogen-bond acceptors (Lipinski definition) is 1. The average molecular weight is 224 g/mol. The van der Waals surface area contributed by atoms with Gasteiger partial charge < -0.3 is 21.6 Å². The highest BCUT2D eigenvalue weighted by Crippen LogP contribution is 1.97. The molecular formula is C11H26ClNO. The summed E-state index contributed by atoms with van der Waals surface area (Å²) >= 11 is 0. The van der Waals surface area contributed by atoms with Crippen molar-refractivity contribution in [2.24, 2.45) is 0 Å². The van der Waals surface area contributed by atoms with Crippen molar-refractivity contribution >= 4 is 0 Å². The Hall–Kier alpha value is 0.210. The van der Waals surface area contributed by atoms with Crippen molar-refractivity contribution in [1.29, 1.82) is 0 Å². The molecule has 0 aromatic heterocycles. The quantitative estimate of drug-likeness (QED) is 0.391. The van der Waals surface area contributed by atoms with E-state index < -0.39 is 0 Å². The fourth-order valence-electron chi connectivity index (χ4n) is 1.20. The molecule has 0 atom stereocenters. The predicted molar refractivity (Wildman–Crippen MR) is 57.9 cm³/mol. The highest BCUT2D eigenvalue weighted by atomic mass is 35.5. The van der Waals surface area contributed by atoms with Gasteiger partial charge in [0.15, 0.2) is 0 Å². The van der Waals surface area contributed by atoms with Crippen LogP contribution in [0.3, 0.4) is 0 Å². The van der Waals surface area contributed by atoms with Crippen LogP contribution in [0.4, 0.5) is 0 Å². The second-order valence-electron chi connectivity index (χ2n) is 4.69. The lowest BCUT2D eigenvalue weighted by atomic mass is 10.3. The van der Waals surface area contributed by atoms with E-state index in [0.29, 0.717) is 0 Å². The first-order valence-electron chi connectivity index (χ1n) is 5.44. The maximum atomic E-state index is 5.52. The van der Waals surface area contributed by atoms with Crippen molar-refractivity contribution in [2.45, 2.75) is 32.6 Å². The standard InChI is InChI=1S/C11H26NO.ClH/c1-5-6-7-10-13-11-8-9-12(2,3)4;/h5-11H2,1-4H3;1H/q+1;/p-1. The first-order chi connectivity index (χ1) is 6.06. The molecule has 0 fully saturated rings. The summed E-state index contributed by atoms with van der Waals surface area (Å²) in [6, 6.07) is 0. The first-order valence-corrected chi connectivity index (χ1v) is 5.44. The normalized spacial score (nSPS) is 11.1. The number of quaternary nitrogens is 1. The van der Waals surface area contributed by atoms with E-state index in [0.717, 1.165) is 17.7 Å². The number of unbranched alkanes of at least 4 members (excludes halogenated alkanes) is 2. The SMILES string of the molecule is CCCCCOCCC[N+](C)(C)C.[Cl-]. The summed E-state index contributed by atoms with van der Waals surface area (Å²) in [5.41, 5.74) is 0. The van der Waals surface area contributed by atoms with Gasteiger partial charge in [0.1, 0.15) is 0 Å². The minimum Gasteiger partial charge on any atom is -1.00 e. The van der Waals surface area contributed by atoms with Crippen LogP contribution in [0.1, 0.15) is 32.6 Å². The van der Waals surface area contributed by atoms with Gasteiger partial charge in [0, 0.05) is 13.0 Å². The molecule has 14 heavy (non-hydrogen) atoms. The molecule has 0 saturated carbocycles. The third-order valence-electron chi connectivity index (χ3n) is 2.01. The molecular weight excluding hydrogens is 198 g/mol. The van der Waals surface area contributed by atoms with E-state index in [1.54, 1.807) is 0 Å². The molecule has 0 aliphatic rings. The van der Waals surface area contributed by atoms with Crippen molar-refractivity contribution in [3.05, 3.63) is 0 Å². The highest BCUT2D eigenvalue weighted by molar-refractivity contribution is 4.38. The van der Waals surface area contributed by atoms with Crippen molar-refractivity contribution in [3.63, 3.8) is 0 Å². The van der Waals surface area contributed by atoms with Gasteiger partial charge in [-0.25, -0.2) is 0 Å². The van der Waals surface area contributed by atoms with Crippen LogP contribution in [0.25, 0.3) is 0 Å². The van der Waals surface area contributed by atoms with Crippen molar-refractivity contribution < 1.29 is 21.6 Å². The Kier molecular flexibility index (Phi) is 11.6. The van der Waals surface area contributed by atoms with Crippen LogP contribution in [-0.4, -0.2) is 45.4 Å². The zero-order chi connectivity index (χ0) is 10.2. The van der Waals surface area contributed by atoms with Gasteiger partial charge in [0.25, 0.3) is 0 Å². The third kappa shape index (κ3) is 14.7. The van der Waals surface area contributed by atoms with Gasteiger partial charge in [0.2, 0.25) is 0 Å². The molecule has 0 aliphatic heterocycles. The van der Waals surface area contributed by atoms with Crippen LogP contribution < -0.4 is 12.4 Å². The predicted octanol–water partition coefficient (Wildman–Crippen LogP) is -0.706. The molecule has 0 aromatic carbocycles. The molecule has 3 heteroatoms. The summed E-state index contributed by atoms with van der Waals surface area (Å²) in [6.07, 6.45) is 4.98. The van der Waals surface area contributed by atoms with E-state index >= 15 is 0 Å².